The van der Waals surface area contributed by atoms with Crippen LogP contribution in [-0.2, 0) is 16.0 Å². The fraction of sp³-hybridized carbons (Fsp3) is 0.619. The van der Waals surface area contributed by atoms with E-state index >= 15 is 0 Å². The highest BCUT2D eigenvalue weighted by molar-refractivity contribution is 7.80. The molecule has 2 aliphatic rings. The van der Waals surface area contributed by atoms with Crippen LogP contribution in [0.1, 0.15) is 45.6 Å². The molecule has 2 aliphatic heterocycles. The van der Waals surface area contributed by atoms with Crippen molar-refractivity contribution in [2.45, 2.75) is 52.2 Å². The van der Waals surface area contributed by atoms with E-state index in [2.05, 4.69) is 35.3 Å². The molecular formula is C21H33N3O3S. The van der Waals surface area contributed by atoms with E-state index in [1.54, 1.807) is 0 Å². The molecule has 2 N–H and O–H groups in total. The van der Waals surface area contributed by atoms with Crippen LogP contribution in [0.4, 0.5) is 5.69 Å². The number of piperazine rings is 1. The molecule has 3 rings (SSSR count). The molecule has 28 heavy (non-hydrogen) atoms. The summed E-state index contributed by atoms with van der Waals surface area (Å²) in [7, 11) is 0. The average molecular weight is 408 g/mol. The molecule has 0 bridgehead atoms. The Bertz CT molecular complexity index is 697. The van der Waals surface area contributed by atoms with Crippen molar-refractivity contribution >= 4 is 22.7 Å². The maximum Gasteiger partial charge on any atom is 0.259 e. The van der Waals surface area contributed by atoms with Gasteiger partial charge in [0, 0.05) is 50.2 Å². The number of nitrogens with one attached hydrogen (secondary N) is 1. The third kappa shape index (κ3) is 5.56. The Morgan fingerprint density at radius 3 is 2.57 bits per heavy atom. The van der Waals surface area contributed by atoms with Crippen LogP contribution in [-0.4, -0.2) is 63.5 Å². The first-order valence-electron chi connectivity index (χ1n) is 10.2. The molecule has 0 aromatic heterocycles. The molecule has 0 spiro atoms. The summed E-state index contributed by atoms with van der Waals surface area (Å²) in [6.07, 6.45) is 4.07. The first-order chi connectivity index (χ1) is 13.4. The molecular weight excluding hydrogens is 374 g/mol. The van der Waals surface area contributed by atoms with Gasteiger partial charge in [0.25, 0.3) is 11.3 Å². The first kappa shape index (κ1) is 21.3. The Balaban J connectivity index is 1.66. The molecule has 6 nitrogen and oxygen atoms in total. The molecule has 1 aromatic carbocycles. The molecule has 156 valence electrons. The van der Waals surface area contributed by atoms with E-state index in [-0.39, 0.29) is 0 Å². The Morgan fingerprint density at radius 2 is 2.00 bits per heavy atom. The van der Waals surface area contributed by atoms with Crippen molar-refractivity contribution in [1.82, 2.24) is 9.80 Å². The highest BCUT2D eigenvalue weighted by Crippen LogP contribution is 2.29. The molecule has 7 heteroatoms. The van der Waals surface area contributed by atoms with E-state index in [0.717, 1.165) is 38.3 Å². The molecule has 2 fully saturated rings. The number of benzene rings is 1. The monoisotopic (exact) mass is 407 g/mol. The average Bonchev–Trinajstić information content (AvgIpc) is 2.65. The number of rotatable bonds is 6. The highest BCUT2D eigenvalue weighted by atomic mass is 32.2. The van der Waals surface area contributed by atoms with Crippen LogP contribution in [0.5, 0.6) is 0 Å². The highest BCUT2D eigenvalue weighted by Gasteiger charge is 2.28. The second-order valence-corrected chi connectivity index (χ2v) is 8.77. The molecule has 0 aliphatic carbocycles. The van der Waals surface area contributed by atoms with Gasteiger partial charge < -0.3 is 9.64 Å². The molecule has 0 saturated carbocycles. The lowest BCUT2D eigenvalue weighted by atomic mass is 10.0. The SMILES string of the molecule is CC(C)=C(c1ccc(NS(=O)O)cc1)N1CCN(CC2CCCCO2)CC1C. The van der Waals surface area contributed by atoms with Crippen molar-refractivity contribution in [3.05, 3.63) is 35.4 Å². The predicted molar refractivity (Wildman–Crippen MR) is 115 cm³/mol. The molecule has 3 atom stereocenters. The van der Waals surface area contributed by atoms with E-state index < -0.39 is 11.3 Å². The van der Waals surface area contributed by atoms with Crippen molar-refractivity contribution in [2.75, 3.05) is 37.5 Å². The lowest BCUT2D eigenvalue weighted by Gasteiger charge is -2.44. The number of anilines is 1. The Labute approximate surface area is 171 Å². The van der Waals surface area contributed by atoms with Crippen LogP contribution >= 0.6 is 0 Å². The summed E-state index contributed by atoms with van der Waals surface area (Å²) in [6, 6.07) is 8.17. The number of hydrogen-bond acceptors (Lipinski definition) is 4. The van der Waals surface area contributed by atoms with Gasteiger partial charge in [-0.25, -0.2) is 4.21 Å². The maximum atomic E-state index is 10.9. The minimum Gasteiger partial charge on any atom is -0.377 e. The van der Waals surface area contributed by atoms with E-state index in [0.29, 0.717) is 17.8 Å². The zero-order valence-corrected chi connectivity index (χ0v) is 18.0. The first-order valence-corrected chi connectivity index (χ1v) is 11.3. The van der Waals surface area contributed by atoms with Crippen molar-refractivity contribution in [3.8, 4) is 0 Å². The smallest absolute Gasteiger partial charge is 0.259 e. The van der Waals surface area contributed by atoms with Gasteiger partial charge >= 0.3 is 0 Å². The molecule has 0 radical (unpaired) electrons. The standard InChI is InChI=1S/C21H33N3O3S/c1-16(2)21(18-7-9-19(10-8-18)22-28(25)26)24-12-11-23(14-17(24)3)15-20-6-4-5-13-27-20/h7-10,17,20,22H,4-6,11-15H2,1-3H3,(H,25,26). The quantitative estimate of drug-likeness (QED) is 0.706. The van der Waals surface area contributed by atoms with Crippen LogP contribution in [0.3, 0.4) is 0 Å². The molecule has 3 unspecified atom stereocenters. The van der Waals surface area contributed by atoms with Gasteiger partial charge in [0.05, 0.1) is 6.10 Å². The normalized spacial score (nSPS) is 24.6. The minimum atomic E-state index is -2.05. The van der Waals surface area contributed by atoms with Crippen LogP contribution in [0.25, 0.3) is 5.70 Å². The fourth-order valence-electron chi connectivity index (χ4n) is 4.31. The molecule has 0 amide bonds. The third-order valence-corrected chi connectivity index (χ3v) is 5.98. The maximum absolute atomic E-state index is 10.9. The van der Waals surface area contributed by atoms with Crippen LogP contribution in [0.2, 0.25) is 0 Å². The van der Waals surface area contributed by atoms with Gasteiger partial charge in [-0.15, -0.1) is 0 Å². The van der Waals surface area contributed by atoms with Crippen LogP contribution in [0.15, 0.2) is 29.8 Å². The van der Waals surface area contributed by atoms with Gasteiger partial charge in [-0.2, -0.15) is 0 Å². The molecule has 2 saturated heterocycles. The number of allylic oxidation sites excluding steroid dienone is 1. The number of nitrogens with zero attached hydrogens (tertiary/aromatic N) is 2. The van der Waals surface area contributed by atoms with Crippen molar-refractivity contribution in [2.24, 2.45) is 0 Å². The molecule has 2 heterocycles. The zero-order valence-electron chi connectivity index (χ0n) is 17.2. The Kier molecular flexibility index (Phi) is 7.51. The summed E-state index contributed by atoms with van der Waals surface area (Å²) in [5.74, 6) is 0. The Hall–Kier alpha value is -1.41. The molecule has 1 aromatic rings. The van der Waals surface area contributed by atoms with Gasteiger partial charge in [0.2, 0.25) is 0 Å². The van der Waals surface area contributed by atoms with E-state index in [1.807, 2.05) is 24.3 Å². The lowest BCUT2D eigenvalue weighted by Crippen LogP contribution is -2.53. The minimum absolute atomic E-state index is 0.396. The third-order valence-electron chi connectivity index (χ3n) is 5.57. The van der Waals surface area contributed by atoms with E-state index in [1.165, 1.54) is 30.5 Å². The summed E-state index contributed by atoms with van der Waals surface area (Å²) < 4.78 is 28.4. The second-order valence-electron chi connectivity index (χ2n) is 8.07. The van der Waals surface area contributed by atoms with Gasteiger partial charge in [0.1, 0.15) is 0 Å². The summed E-state index contributed by atoms with van der Waals surface area (Å²) in [6.45, 7) is 11.6. The van der Waals surface area contributed by atoms with Crippen LogP contribution < -0.4 is 4.72 Å². The van der Waals surface area contributed by atoms with Gasteiger partial charge in [0.15, 0.2) is 0 Å². The summed E-state index contributed by atoms with van der Waals surface area (Å²) in [5, 5.41) is 0. The van der Waals surface area contributed by atoms with Crippen molar-refractivity contribution in [3.63, 3.8) is 0 Å². The van der Waals surface area contributed by atoms with Gasteiger partial charge in [-0.3, -0.25) is 14.2 Å². The number of ether oxygens (including phenoxy) is 1. The fourth-order valence-corrected chi connectivity index (χ4v) is 4.65. The Morgan fingerprint density at radius 1 is 1.25 bits per heavy atom. The zero-order chi connectivity index (χ0) is 20.1. The summed E-state index contributed by atoms with van der Waals surface area (Å²) in [4.78, 5) is 5.05. The van der Waals surface area contributed by atoms with Gasteiger partial charge in [-0.05, 0) is 57.7 Å². The van der Waals surface area contributed by atoms with E-state index in [4.69, 9.17) is 9.29 Å². The lowest BCUT2D eigenvalue weighted by molar-refractivity contribution is -0.0158. The summed E-state index contributed by atoms with van der Waals surface area (Å²) >= 11 is -2.05. The van der Waals surface area contributed by atoms with Crippen LogP contribution in [0, 0.1) is 0 Å². The predicted octanol–water partition coefficient (Wildman–Crippen LogP) is 3.56. The van der Waals surface area contributed by atoms with E-state index in [9.17, 15) is 4.21 Å². The van der Waals surface area contributed by atoms with Crippen molar-refractivity contribution in [1.29, 1.82) is 0 Å². The van der Waals surface area contributed by atoms with Crippen molar-refractivity contribution < 1.29 is 13.5 Å². The topological polar surface area (TPSA) is 65.0 Å². The second kappa shape index (κ2) is 9.87. The van der Waals surface area contributed by atoms with Gasteiger partial charge in [-0.1, -0.05) is 17.7 Å². The summed E-state index contributed by atoms with van der Waals surface area (Å²) in [5.41, 5.74) is 4.33. The largest absolute Gasteiger partial charge is 0.377 e. The number of hydrogen-bond donors (Lipinski definition) is 2.